The summed E-state index contributed by atoms with van der Waals surface area (Å²) in [5, 5.41) is 5.97. The highest BCUT2D eigenvalue weighted by Gasteiger charge is 2.14. The Morgan fingerprint density at radius 1 is 1.24 bits per heavy atom. The van der Waals surface area contributed by atoms with Crippen molar-refractivity contribution in [2.24, 2.45) is 0 Å². The molecule has 1 aliphatic rings. The van der Waals surface area contributed by atoms with Gasteiger partial charge >= 0.3 is 0 Å². The molecule has 0 atom stereocenters. The number of rotatable bonds is 3. The highest BCUT2D eigenvalue weighted by molar-refractivity contribution is 5.47. The number of nitrogens with zero attached hydrogens (tertiary/aromatic N) is 1. The van der Waals surface area contributed by atoms with Crippen LogP contribution in [-0.2, 0) is 6.54 Å². The zero-order valence-corrected chi connectivity index (χ0v) is 9.89. The van der Waals surface area contributed by atoms with E-state index in [9.17, 15) is 8.78 Å². The number of piperazine rings is 1. The summed E-state index contributed by atoms with van der Waals surface area (Å²) < 4.78 is 26.9. The van der Waals surface area contributed by atoms with E-state index in [4.69, 9.17) is 0 Å². The summed E-state index contributed by atoms with van der Waals surface area (Å²) in [6.45, 7) is 4.16. The average molecular weight is 241 g/mol. The largest absolute Gasteiger partial charge is 0.386 e. The molecule has 0 saturated carbocycles. The molecule has 1 aliphatic heterocycles. The van der Waals surface area contributed by atoms with E-state index >= 15 is 0 Å². The number of halogens is 2. The molecule has 0 spiro atoms. The molecule has 0 aromatic heterocycles. The first kappa shape index (κ1) is 12.3. The van der Waals surface area contributed by atoms with Crippen molar-refractivity contribution in [1.29, 1.82) is 0 Å². The van der Waals surface area contributed by atoms with Crippen LogP contribution in [0.25, 0.3) is 0 Å². The second kappa shape index (κ2) is 5.42. The maximum Gasteiger partial charge on any atom is 0.149 e. The van der Waals surface area contributed by atoms with E-state index in [-0.39, 0.29) is 0 Å². The van der Waals surface area contributed by atoms with Crippen molar-refractivity contribution in [3.8, 4) is 0 Å². The third-order valence-electron chi connectivity index (χ3n) is 3.01. The van der Waals surface area contributed by atoms with Gasteiger partial charge in [-0.25, -0.2) is 8.78 Å². The number of benzene rings is 1. The van der Waals surface area contributed by atoms with Crippen LogP contribution < -0.4 is 10.6 Å². The van der Waals surface area contributed by atoms with Crippen LogP contribution in [0.2, 0.25) is 0 Å². The monoisotopic (exact) mass is 241 g/mol. The number of hydrogen-bond acceptors (Lipinski definition) is 3. The summed E-state index contributed by atoms with van der Waals surface area (Å²) in [6, 6.07) is 2.50. The second-order valence-corrected chi connectivity index (χ2v) is 4.20. The summed E-state index contributed by atoms with van der Waals surface area (Å²) >= 11 is 0. The minimum Gasteiger partial charge on any atom is -0.386 e. The number of nitrogens with one attached hydrogen (secondary N) is 2. The molecular weight excluding hydrogens is 224 g/mol. The Hall–Kier alpha value is -1.20. The molecule has 1 aromatic carbocycles. The molecule has 1 fully saturated rings. The minimum absolute atomic E-state index is 0.344. The summed E-state index contributed by atoms with van der Waals surface area (Å²) in [4.78, 5) is 2.16. The Bertz CT molecular complexity index is 390. The van der Waals surface area contributed by atoms with Gasteiger partial charge in [-0.1, -0.05) is 0 Å². The smallest absolute Gasteiger partial charge is 0.149 e. The topological polar surface area (TPSA) is 27.3 Å². The molecule has 2 rings (SSSR count). The van der Waals surface area contributed by atoms with Gasteiger partial charge in [0, 0.05) is 51.4 Å². The van der Waals surface area contributed by atoms with Crippen molar-refractivity contribution in [2.75, 3.05) is 38.5 Å². The molecule has 0 bridgehead atoms. The normalized spacial score (nSPS) is 17.1. The van der Waals surface area contributed by atoms with Crippen LogP contribution in [-0.4, -0.2) is 38.1 Å². The third kappa shape index (κ3) is 2.92. The minimum atomic E-state index is -0.547. The molecule has 1 aromatic rings. The number of anilines is 1. The molecule has 17 heavy (non-hydrogen) atoms. The Morgan fingerprint density at radius 3 is 2.59 bits per heavy atom. The lowest BCUT2D eigenvalue weighted by Gasteiger charge is -2.27. The summed E-state index contributed by atoms with van der Waals surface area (Å²) in [6.07, 6.45) is 0. The second-order valence-electron chi connectivity index (χ2n) is 4.20. The third-order valence-corrected chi connectivity index (χ3v) is 3.01. The fourth-order valence-corrected chi connectivity index (χ4v) is 2.02. The van der Waals surface area contributed by atoms with Gasteiger partial charge in [0.25, 0.3) is 0 Å². The quantitative estimate of drug-likeness (QED) is 0.838. The molecular formula is C12H17F2N3. The van der Waals surface area contributed by atoms with Gasteiger partial charge in [0.2, 0.25) is 0 Å². The molecule has 1 heterocycles. The molecule has 3 nitrogen and oxygen atoms in total. The van der Waals surface area contributed by atoms with Gasteiger partial charge in [0.15, 0.2) is 0 Å². The Balaban J connectivity index is 2.13. The molecule has 0 amide bonds. The van der Waals surface area contributed by atoms with Crippen molar-refractivity contribution in [1.82, 2.24) is 10.2 Å². The predicted molar refractivity (Wildman–Crippen MR) is 64.1 cm³/mol. The first-order valence-electron chi connectivity index (χ1n) is 5.79. The lowest BCUT2D eigenvalue weighted by molar-refractivity contribution is 0.230. The number of hydrogen-bond donors (Lipinski definition) is 2. The standard InChI is InChI=1S/C12H17F2N3/c1-15-12-6-9(10(13)7-11(12)14)8-17-4-2-16-3-5-17/h6-7,15-16H,2-5,8H2,1H3. The van der Waals surface area contributed by atoms with E-state index in [2.05, 4.69) is 15.5 Å². The van der Waals surface area contributed by atoms with Gasteiger partial charge in [-0.05, 0) is 6.07 Å². The van der Waals surface area contributed by atoms with E-state index in [0.717, 1.165) is 32.2 Å². The van der Waals surface area contributed by atoms with Gasteiger partial charge < -0.3 is 10.6 Å². The first-order chi connectivity index (χ1) is 8.20. The lowest BCUT2D eigenvalue weighted by atomic mass is 10.1. The van der Waals surface area contributed by atoms with E-state index in [1.165, 1.54) is 0 Å². The highest BCUT2D eigenvalue weighted by atomic mass is 19.1. The van der Waals surface area contributed by atoms with Crippen LogP contribution in [0.15, 0.2) is 12.1 Å². The van der Waals surface area contributed by atoms with Crippen LogP contribution in [0.3, 0.4) is 0 Å². The maximum atomic E-state index is 13.6. The van der Waals surface area contributed by atoms with Crippen LogP contribution >= 0.6 is 0 Å². The van der Waals surface area contributed by atoms with Gasteiger partial charge in [-0.3, -0.25) is 4.90 Å². The van der Waals surface area contributed by atoms with Crippen LogP contribution in [0.5, 0.6) is 0 Å². The van der Waals surface area contributed by atoms with Gasteiger partial charge in [0.05, 0.1) is 5.69 Å². The van der Waals surface area contributed by atoms with Crippen molar-refractivity contribution in [3.05, 3.63) is 29.3 Å². The van der Waals surface area contributed by atoms with Crippen LogP contribution in [0.1, 0.15) is 5.56 Å². The van der Waals surface area contributed by atoms with Crippen molar-refractivity contribution < 1.29 is 8.78 Å². The van der Waals surface area contributed by atoms with E-state index in [0.29, 0.717) is 17.8 Å². The fourth-order valence-electron chi connectivity index (χ4n) is 2.02. The molecule has 5 heteroatoms. The van der Waals surface area contributed by atoms with E-state index in [1.807, 2.05) is 0 Å². The zero-order valence-electron chi connectivity index (χ0n) is 9.89. The molecule has 94 valence electrons. The van der Waals surface area contributed by atoms with E-state index in [1.54, 1.807) is 13.1 Å². The first-order valence-corrected chi connectivity index (χ1v) is 5.79. The molecule has 0 unspecified atom stereocenters. The van der Waals surface area contributed by atoms with Crippen LogP contribution in [0, 0.1) is 11.6 Å². The Labute approximate surface area is 99.8 Å². The van der Waals surface area contributed by atoms with Gasteiger partial charge in [0.1, 0.15) is 11.6 Å². The summed E-state index contributed by atoms with van der Waals surface area (Å²) in [7, 11) is 1.63. The molecule has 0 radical (unpaired) electrons. The fraction of sp³-hybridized carbons (Fsp3) is 0.500. The van der Waals surface area contributed by atoms with Crippen molar-refractivity contribution in [2.45, 2.75) is 6.54 Å². The predicted octanol–water partition coefficient (Wildman–Crippen LogP) is 1.41. The highest BCUT2D eigenvalue weighted by Crippen LogP contribution is 2.20. The van der Waals surface area contributed by atoms with Crippen LogP contribution in [0.4, 0.5) is 14.5 Å². The summed E-state index contributed by atoms with van der Waals surface area (Å²) in [5.41, 5.74) is 0.884. The lowest BCUT2D eigenvalue weighted by Crippen LogP contribution is -2.43. The Morgan fingerprint density at radius 2 is 1.94 bits per heavy atom. The Kier molecular flexibility index (Phi) is 3.91. The van der Waals surface area contributed by atoms with Gasteiger partial charge in [-0.15, -0.1) is 0 Å². The SMILES string of the molecule is CNc1cc(CN2CCNCC2)c(F)cc1F. The maximum absolute atomic E-state index is 13.6. The van der Waals surface area contributed by atoms with Crippen molar-refractivity contribution >= 4 is 5.69 Å². The van der Waals surface area contributed by atoms with E-state index < -0.39 is 11.6 Å². The van der Waals surface area contributed by atoms with Gasteiger partial charge in [-0.2, -0.15) is 0 Å². The van der Waals surface area contributed by atoms with Crippen molar-refractivity contribution in [3.63, 3.8) is 0 Å². The summed E-state index contributed by atoms with van der Waals surface area (Å²) in [5.74, 6) is -1.02. The zero-order chi connectivity index (χ0) is 12.3. The molecule has 0 aliphatic carbocycles. The molecule has 2 N–H and O–H groups in total. The average Bonchev–Trinajstić information content (AvgIpc) is 2.34. The molecule has 1 saturated heterocycles.